The summed E-state index contributed by atoms with van der Waals surface area (Å²) in [7, 11) is 0. The molecule has 0 bridgehead atoms. The lowest BCUT2D eigenvalue weighted by atomic mass is 10.0. The number of carbonyl (C=O) groups excluding carboxylic acids is 1. The largest absolute Gasteiger partial charge is 0.444 e. The van der Waals surface area contributed by atoms with Crippen molar-refractivity contribution in [3.05, 3.63) is 0 Å². The van der Waals surface area contributed by atoms with Crippen molar-refractivity contribution in [2.75, 3.05) is 13.1 Å². The Morgan fingerprint density at radius 1 is 1.44 bits per heavy atom. The number of β-amino-alcohol motifs (C(OH)–C–C–N with tert-alkyl or cyclic N) is 1. The first-order valence-corrected chi connectivity index (χ1v) is 5.19. The maximum absolute atomic E-state index is 11.6. The first kappa shape index (κ1) is 15.5. The molecular formula is C10H21ClN2O3. The Hall–Kier alpha value is -0.520. The minimum atomic E-state index is -0.540. The summed E-state index contributed by atoms with van der Waals surface area (Å²) < 4.78 is 5.19. The minimum absolute atomic E-state index is 0. The number of halogens is 1. The minimum Gasteiger partial charge on any atom is -0.444 e. The fraction of sp³-hybridized carbons (Fsp3) is 0.900. The zero-order valence-corrected chi connectivity index (χ0v) is 10.8. The molecule has 1 rings (SSSR count). The number of carbonyl (C=O) groups is 1. The van der Waals surface area contributed by atoms with E-state index >= 15 is 0 Å². The van der Waals surface area contributed by atoms with E-state index < -0.39 is 17.8 Å². The molecule has 2 atom stereocenters. The number of aliphatic hydroxyl groups excluding tert-OH is 1. The number of piperidine rings is 1. The monoisotopic (exact) mass is 252 g/mol. The Balaban J connectivity index is 0.00000225. The van der Waals surface area contributed by atoms with E-state index in [1.54, 1.807) is 0 Å². The fourth-order valence-corrected chi connectivity index (χ4v) is 1.59. The Kier molecular flexibility index (Phi) is 5.52. The van der Waals surface area contributed by atoms with Crippen LogP contribution in [0.25, 0.3) is 0 Å². The maximum atomic E-state index is 11.6. The maximum Gasteiger partial charge on any atom is 0.410 e. The fourth-order valence-electron chi connectivity index (χ4n) is 1.59. The van der Waals surface area contributed by atoms with Gasteiger partial charge in [0.25, 0.3) is 0 Å². The van der Waals surface area contributed by atoms with E-state index in [2.05, 4.69) is 0 Å². The molecule has 0 saturated carbocycles. The lowest BCUT2D eigenvalue weighted by Gasteiger charge is -2.35. The zero-order chi connectivity index (χ0) is 11.6. The van der Waals surface area contributed by atoms with Crippen LogP contribution in [0.2, 0.25) is 0 Å². The molecule has 1 saturated heterocycles. The van der Waals surface area contributed by atoms with Crippen LogP contribution in [0, 0.1) is 0 Å². The molecule has 0 radical (unpaired) electrons. The van der Waals surface area contributed by atoms with Gasteiger partial charge in [-0.05, 0) is 27.2 Å². The number of hydrogen-bond acceptors (Lipinski definition) is 4. The quantitative estimate of drug-likeness (QED) is 0.667. The van der Waals surface area contributed by atoms with Crippen LogP contribution in [-0.2, 0) is 4.74 Å². The predicted molar refractivity (Wildman–Crippen MR) is 63.7 cm³/mol. The molecule has 0 aromatic rings. The number of nitrogens with two attached hydrogens (primary N) is 1. The van der Waals surface area contributed by atoms with E-state index in [9.17, 15) is 9.90 Å². The first-order valence-electron chi connectivity index (χ1n) is 5.19. The number of likely N-dealkylation sites (tertiary alicyclic amines) is 1. The van der Waals surface area contributed by atoms with Gasteiger partial charge in [0.15, 0.2) is 0 Å². The van der Waals surface area contributed by atoms with Gasteiger partial charge < -0.3 is 20.5 Å². The van der Waals surface area contributed by atoms with E-state index in [4.69, 9.17) is 10.5 Å². The van der Waals surface area contributed by atoms with Gasteiger partial charge in [0, 0.05) is 12.6 Å². The Morgan fingerprint density at radius 3 is 2.44 bits per heavy atom. The molecule has 0 spiro atoms. The highest BCUT2D eigenvalue weighted by Gasteiger charge is 2.29. The summed E-state index contributed by atoms with van der Waals surface area (Å²) in [6.07, 6.45) is -0.405. The van der Waals surface area contributed by atoms with Crippen molar-refractivity contribution in [1.29, 1.82) is 0 Å². The van der Waals surface area contributed by atoms with Crippen molar-refractivity contribution in [3.63, 3.8) is 0 Å². The third-order valence-corrected chi connectivity index (χ3v) is 2.11. The molecule has 5 nitrogen and oxygen atoms in total. The van der Waals surface area contributed by atoms with Gasteiger partial charge in [0.1, 0.15) is 5.60 Å². The van der Waals surface area contributed by atoms with Crippen molar-refractivity contribution in [3.8, 4) is 0 Å². The predicted octanol–water partition coefficient (Wildman–Crippen LogP) is 0.737. The molecule has 0 aromatic carbocycles. The van der Waals surface area contributed by atoms with E-state index in [-0.39, 0.29) is 18.4 Å². The Morgan fingerprint density at radius 2 is 2.00 bits per heavy atom. The Labute approximate surface area is 102 Å². The number of aliphatic hydroxyl groups is 1. The third-order valence-electron chi connectivity index (χ3n) is 2.11. The van der Waals surface area contributed by atoms with Gasteiger partial charge in [-0.15, -0.1) is 12.4 Å². The number of nitrogens with zero attached hydrogens (tertiary/aromatic N) is 1. The van der Waals surface area contributed by atoms with Crippen molar-refractivity contribution < 1.29 is 14.6 Å². The molecular weight excluding hydrogens is 232 g/mol. The van der Waals surface area contributed by atoms with Gasteiger partial charge in [0.05, 0.1) is 12.6 Å². The van der Waals surface area contributed by atoms with Crippen molar-refractivity contribution >= 4 is 18.5 Å². The van der Waals surface area contributed by atoms with Crippen LogP contribution in [0.1, 0.15) is 27.2 Å². The zero-order valence-electron chi connectivity index (χ0n) is 9.97. The summed E-state index contributed by atoms with van der Waals surface area (Å²) in [6.45, 7) is 6.19. The second kappa shape index (κ2) is 5.70. The molecule has 6 heteroatoms. The molecule has 0 aliphatic carbocycles. The van der Waals surface area contributed by atoms with Gasteiger partial charge >= 0.3 is 6.09 Å². The summed E-state index contributed by atoms with van der Waals surface area (Å²) in [4.78, 5) is 13.1. The van der Waals surface area contributed by atoms with Gasteiger partial charge in [-0.1, -0.05) is 0 Å². The summed E-state index contributed by atoms with van der Waals surface area (Å²) in [6, 6.07) is -0.165. The highest BCUT2D eigenvalue weighted by molar-refractivity contribution is 5.85. The topological polar surface area (TPSA) is 75.8 Å². The van der Waals surface area contributed by atoms with E-state index in [0.717, 1.165) is 0 Å². The highest BCUT2D eigenvalue weighted by Crippen LogP contribution is 2.14. The van der Waals surface area contributed by atoms with Crippen LogP contribution < -0.4 is 5.73 Å². The molecule has 16 heavy (non-hydrogen) atoms. The average Bonchev–Trinajstić information content (AvgIpc) is 1.98. The second-order valence-electron chi connectivity index (χ2n) is 5.03. The smallest absolute Gasteiger partial charge is 0.410 e. The Bertz CT molecular complexity index is 233. The number of ether oxygens (including phenoxy) is 1. The first-order chi connectivity index (χ1) is 6.78. The van der Waals surface area contributed by atoms with Crippen LogP contribution in [0.3, 0.4) is 0 Å². The lowest BCUT2D eigenvalue weighted by Crippen LogP contribution is -2.52. The van der Waals surface area contributed by atoms with E-state index in [1.165, 1.54) is 4.90 Å². The van der Waals surface area contributed by atoms with Crippen LogP contribution in [-0.4, -0.2) is 46.9 Å². The van der Waals surface area contributed by atoms with Crippen molar-refractivity contribution in [2.45, 2.75) is 44.9 Å². The van der Waals surface area contributed by atoms with Crippen LogP contribution >= 0.6 is 12.4 Å². The number of rotatable bonds is 0. The second-order valence-corrected chi connectivity index (χ2v) is 5.03. The van der Waals surface area contributed by atoms with E-state index in [1.807, 2.05) is 20.8 Å². The molecule has 0 aromatic heterocycles. The van der Waals surface area contributed by atoms with Crippen LogP contribution in [0.4, 0.5) is 4.79 Å². The summed E-state index contributed by atoms with van der Waals surface area (Å²) in [5.41, 5.74) is 5.20. The van der Waals surface area contributed by atoms with Gasteiger partial charge in [-0.2, -0.15) is 0 Å². The lowest BCUT2D eigenvalue weighted by molar-refractivity contribution is 0.000482. The molecule has 1 aliphatic rings. The number of amides is 1. The normalized spacial score (nSPS) is 25.9. The molecule has 1 amide bonds. The standard InChI is InChI=1S/C10H20N2O3.ClH/c1-10(2,3)15-9(14)12-5-7(11)4-8(13)6-12;/h7-8,13H,4-6,11H2,1-3H3;1H/t7-,8-;/m1./s1. The highest BCUT2D eigenvalue weighted by atomic mass is 35.5. The van der Waals surface area contributed by atoms with E-state index in [0.29, 0.717) is 19.5 Å². The molecule has 96 valence electrons. The summed E-state index contributed by atoms with van der Waals surface area (Å²) in [5, 5.41) is 9.47. The van der Waals surface area contributed by atoms with Gasteiger partial charge in [-0.3, -0.25) is 0 Å². The van der Waals surface area contributed by atoms with Gasteiger partial charge in [0.2, 0.25) is 0 Å². The van der Waals surface area contributed by atoms with Crippen molar-refractivity contribution in [1.82, 2.24) is 4.90 Å². The van der Waals surface area contributed by atoms with Crippen LogP contribution in [0.5, 0.6) is 0 Å². The molecule has 1 heterocycles. The summed E-state index contributed by atoms with van der Waals surface area (Å²) in [5.74, 6) is 0. The third kappa shape index (κ3) is 5.01. The number of hydrogen-bond donors (Lipinski definition) is 2. The SMILES string of the molecule is CC(C)(C)OC(=O)N1C[C@H](N)C[C@@H](O)C1.Cl. The van der Waals surface area contributed by atoms with Crippen molar-refractivity contribution in [2.24, 2.45) is 5.73 Å². The molecule has 3 N–H and O–H groups in total. The van der Waals surface area contributed by atoms with Gasteiger partial charge in [-0.25, -0.2) is 4.79 Å². The van der Waals surface area contributed by atoms with Crippen LogP contribution in [0.15, 0.2) is 0 Å². The molecule has 1 aliphatic heterocycles. The average molecular weight is 253 g/mol. The molecule has 1 fully saturated rings. The molecule has 0 unspecified atom stereocenters. The summed E-state index contributed by atoms with van der Waals surface area (Å²) >= 11 is 0.